The average molecular weight is 564 g/mol. The number of aromatic nitrogens is 5. The molecule has 0 saturated heterocycles. The molecule has 4 N–H and O–H groups in total. The highest BCUT2D eigenvalue weighted by Crippen LogP contribution is 2.35. The number of nitrogens with one attached hydrogen (secondary N) is 3. The molecule has 0 saturated carbocycles. The van der Waals surface area contributed by atoms with Crippen molar-refractivity contribution in [2.75, 3.05) is 11.9 Å². The first kappa shape index (κ1) is 27.8. The highest BCUT2D eigenvalue weighted by Gasteiger charge is 2.51. The zero-order valence-corrected chi connectivity index (χ0v) is 22.3. The summed E-state index contributed by atoms with van der Waals surface area (Å²) in [5, 5.41) is 23.2. The molecule has 0 fully saturated rings. The van der Waals surface area contributed by atoms with E-state index < -0.39 is 30.5 Å². The number of hydrogen-bond acceptors (Lipinski definition) is 6. The van der Waals surface area contributed by atoms with E-state index in [1.165, 1.54) is 6.92 Å². The second kappa shape index (κ2) is 11.0. The predicted octanol–water partition coefficient (Wildman–Crippen LogP) is 5.59. The fraction of sp³-hybridized carbons (Fsp3) is 0.241. The van der Waals surface area contributed by atoms with E-state index in [-0.39, 0.29) is 12.2 Å². The van der Waals surface area contributed by atoms with Crippen LogP contribution in [0.5, 0.6) is 0 Å². The van der Waals surface area contributed by atoms with Crippen LogP contribution in [-0.4, -0.2) is 54.1 Å². The Hall–Kier alpha value is -4.71. The number of hydrogen-bond donors (Lipinski definition) is 4. The molecular weight excluding hydrogens is 535 g/mol. The van der Waals surface area contributed by atoms with Crippen LogP contribution in [0.3, 0.4) is 0 Å². The van der Waals surface area contributed by atoms with Crippen molar-refractivity contribution in [3.05, 3.63) is 78.9 Å². The normalized spacial score (nSPS) is 13.2. The van der Waals surface area contributed by atoms with Gasteiger partial charge in [0.05, 0.1) is 6.20 Å². The highest BCUT2D eigenvalue weighted by atomic mass is 19.4. The largest absolute Gasteiger partial charge is 0.417 e. The molecule has 2 aromatic carbocycles. The van der Waals surface area contributed by atoms with E-state index in [0.29, 0.717) is 11.6 Å². The molecule has 5 aromatic rings. The van der Waals surface area contributed by atoms with E-state index in [4.69, 9.17) is 0 Å². The molecule has 0 spiro atoms. The molecule has 3 heterocycles. The Balaban J connectivity index is 1.30. The number of nitrogens with zero attached hydrogens (tertiary/aromatic N) is 4. The van der Waals surface area contributed by atoms with Crippen molar-refractivity contribution >= 4 is 28.3 Å². The van der Waals surface area contributed by atoms with Crippen molar-refractivity contribution in [2.24, 2.45) is 7.05 Å². The third kappa shape index (κ3) is 5.78. The standard InChI is InChI=1S/C29H28F3N7O2/c1-3-28(41,29(30,31)32)11-13-34-27(40)24-14-19-4-5-20(15-23(19)39(24)2)26-33-12-10-25(38-26)37-22-8-6-18(7-9-22)21-16-35-36-17-21/h4-10,12,14-17,41H,3,11,13H2,1-2H3,(H,34,40)(H,35,36)(H,33,37,38). The lowest BCUT2D eigenvalue weighted by atomic mass is 9.96. The van der Waals surface area contributed by atoms with Gasteiger partial charge >= 0.3 is 6.18 Å². The van der Waals surface area contributed by atoms with Gasteiger partial charge in [-0.25, -0.2) is 9.97 Å². The Morgan fingerprint density at radius 2 is 1.80 bits per heavy atom. The van der Waals surface area contributed by atoms with Gasteiger partial charge < -0.3 is 20.3 Å². The zero-order chi connectivity index (χ0) is 29.2. The summed E-state index contributed by atoms with van der Waals surface area (Å²) in [5.41, 5.74) is 1.75. The van der Waals surface area contributed by atoms with Crippen molar-refractivity contribution in [1.29, 1.82) is 0 Å². The van der Waals surface area contributed by atoms with E-state index in [1.54, 1.807) is 36.1 Å². The van der Waals surface area contributed by atoms with Gasteiger partial charge in [-0.1, -0.05) is 31.2 Å². The van der Waals surface area contributed by atoms with Gasteiger partial charge in [0, 0.05) is 60.1 Å². The van der Waals surface area contributed by atoms with Crippen LogP contribution in [0.1, 0.15) is 30.3 Å². The fourth-order valence-corrected chi connectivity index (χ4v) is 4.55. The number of carbonyl (C=O) groups excluding carboxylic acids is 1. The minimum atomic E-state index is -4.78. The van der Waals surface area contributed by atoms with Crippen LogP contribution in [0, 0.1) is 0 Å². The van der Waals surface area contributed by atoms with Crippen LogP contribution in [0.2, 0.25) is 0 Å². The Bertz CT molecular complexity index is 1660. The lowest BCUT2D eigenvalue weighted by molar-refractivity contribution is -0.262. The first-order valence-corrected chi connectivity index (χ1v) is 12.9. The number of aryl methyl sites for hydroxylation is 1. The number of rotatable bonds is 9. The second-order valence-corrected chi connectivity index (χ2v) is 9.71. The molecule has 5 rings (SSSR count). The van der Waals surface area contributed by atoms with Crippen molar-refractivity contribution in [3.8, 4) is 22.5 Å². The lowest BCUT2D eigenvalue weighted by Crippen LogP contribution is -2.47. The van der Waals surface area contributed by atoms with E-state index in [1.807, 2.05) is 48.7 Å². The average Bonchev–Trinajstić information content (AvgIpc) is 3.61. The molecule has 1 amide bonds. The minimum Gasteiger partial charge on any atom is -0.380 e. The van der Waals surface area contributed by atoms with Crippen molar-refractivity contribution in [2.45, 2.75) is 31.5 Å². The van der Waals surface area contributed by atoms with Crippen LogP contribution < -0.4 is 10.6 Å². The number of amides is 1. The molecule has 3 aromatic heterocycles. The molecule has 1 atom stereocenters. The van der Waals surface area contributed by atoms with E-state index in [9.17, 15) is 23.1 Å². The molecule has 12 heteroatoms. The van der Waals surface area contributed by atoms with Gasteiger partial charge in [-0.2, -0.15) is 18.3 Å². The summed E-state index contributed by atoms with van der Waals surface area (Å²) < 4.78 is 41.1. The molecule has 0 radical (unpaired) electrons. The first-order chi connectivity index (χ1) is 19.6. The summed E-state index contributed by atoms with van der Waals surface area (Å²) in [6.07, 6.45) is -0.685. The zero-order valence-electron chi connectivity index (χ0n) is 22.3. The Morgan fingerprint density at radius 1 is 1.05 bits per heavy atom. The van der Waals surface area contributed by atoms with Gasteiger partial charge in [-0.3, -0.25) is 9.89 Å². The predicted molar refractivity (Wildman–Crippen MR) is 149 cm³/mol. The number of H-pyrrole nitrogens is 1. The fourth-order valence-electron chi connectivity index (χ4n) is 4.55. The van der Waals surface area contributed by atoms with Gasteiger partial charge in [-0.05, 0) is 42.3 Å². The molecule has 0 bridgehead atoms. The van der Waals surface area contributed by atoms with E-state index in [0.717, 1.165) is 33.3 Å². The molecule has 0 aliphatic carbocycles. The van der Waals surface area contributed by atoms with E-state index >= 15 is 0 Å². The van der Waals surface area contributed by atoms with Crippen molar-refractivity contribution in [1.82, 2.24) is 30.0 Å². The molecule has 0 aliphatic heterocycles. The highest BCUT2D eigenvalue weighted by molar-refractivity contribution is 5.99. The van der Waals surface area contributed by atoms with Gasteiger partial charge in [0.2, 0.25) is 0 Å². The summed E-state index contributed by atoms with van der Waals surface area (Å²) in [6, 6.07) is 16.8. The maximum absolute atomic E-state index is 13.1. The molecule has 0 aliphatic rings. The number of carbonyl (C=O) groups is 1. The molecule has 41 heavy (non-hydrogen) atoms. The number of halogens is 3. The summed E-state index contributed by atoms with van der Waals surface area (Å²) in [6.45, 7) is 0.932. The summed E-state index contributed by atoms with van der Waals surface area (Å²) >= 11 is 0. The quantitative estimate of drug-likeness (QED) is 0.186. The van der Waals surface area contributed by atoms with Gasteiger partial charge in [0.1, 0.15) is 11.5 Å². The van der Waals surface area contributed by atoms with Crippen molar-refractivity contribution < 1.29 is 23.1 Å². The Morgan fingerprint density at radius 3 is 2.49 bits per heavy atom. The van der Waals surface area contributed by atoms with Gasteiger partial charge in [0.25, 0.3) is 5.91 Å². The lowest BCUT2D eigenvalue weighted by Gasteiger charge is -2.29. The third-order valence-corrected chi connectivity index (χ3v) is 7.12. The number of anilines is 2. The number of aliphatic hydroxyl groups is 1. The molecule has 1 unspecified atom stereocenters. The Kier molecular flexibility index (Phi) is 7.50. The van der Waals surface area contributed by atoms with Crippen LogP contribution in [-0.2, 0) is 7.05 Å². The van der Waals surface area contributed by atoms with Gasteiger partial charge in [0.15, 0.2) is 11.4 Å². The molecular formula is C29H28F3N7O2. The number of alkyl halides is 3. The summed E-state index contributed by atoms with van der Waals surface area (Å²) in [4.78, 5) is 21.8. The van der Waals surface area contributed by atoms with Crippen molar-refractivity contribution in [3.63, 3.8) is 0 Å². The maximum Gasteiger partial charge on any atom is 0.417 e. The maximum atomic E-state index is 13.1. The topological polar surface area (TPSA) is 121 Å². The molecule has 9 nitrogen and oxygen atoms in total. The number of aromatic amines is 1. The third-order valence-electron chi connectivity index (χ3n) is 7.12. The summed E-state index contributed by atoms with van der Waals surface area (Å²) in [7, 11) is 1.70. The van der Waals surface area contributed by atoms with Crippen LogP contribution in [0.25, 0.3) is 33.4 Å². The molecule has 212 valence electrons. The number of benzene rings is 2. The van der Waals surface area contributed by atoms with Crippen LogP contribution >= 0.6 is 0 Å². The van der Waals surface area contributed by atoms with E-state index in [2.05, 4.69) is 30.8 Å². The monoisotopic (exact) mass is 563 g/mol. The SMILES string of the molecule is CCC(O)(CCNC(=O)c1cc2ccc(-c3nccc(Nc4ccc(-c5cn[nH]c5)cc4)n3)cc2n1C)C(F)(F)F. The Labute approximate surface area is 233 Å². The van der Waals surface area contributed by atoms with Gasteiger partial charge in [-0.15, -0.1) is 0 Å². The second-order valence-electron chi connectivity index (χ2n) is 9.71. The minimum absolute atomic E-state index is 0.277. The van der Waals surface area contributed by atoms with Crippen LogP contribution in [0.15, 0.2) is 73.2 Å². The smallest absolute Gasteiger partial charge is 0.380 e. The number of fused-ring (bicyclic) bond motifs is 1. The summed E-state index contributed by atoms with van der Waals surface area (Å²) in [5.74, 6) is 0.543. The van der Waals surface area contributed by atoms with Crippen LogP contribution in [0.4, 0.5) is 24.7 Å². The first-order valence-electron chi connectivity index (χ1n) is 12.9.